The van der Waals surface area contributed by atoms with Gasteiger partial charge in [0.2, 0.25) is 5.91 Å². The number of benzene rings is 1. The molecule has 1 aromatic carbocycles. The molecule has 1 heterocycles. The molecule has 0 atom stereocenters. The van der Waals surface area contributed by atoms with Crippen LogP contribution in [0.3, 0.4) is 0 Å². The SMILES string of the molecule is CC(C)CCC(=O)Nc1ccc(C(=O)NCc2ccccn2)c(Cl)c1. The molecule has 0 radical (unpaired) electrons. The molecule has 2 N–H and O–H groups in total. The van der Waals surface area contributed by atoms with Crippen LogP contribution < -0.4 is 10.6 Å². The van der Waals surface area contributed by atoms with E-state index in [1.807, 2.05) is 18.2 Å². The van der Waals surface area contributed by atoms with Gasteiger partial charge in [0.05, 0.1) is 22.8 Å². The van der Waals surface area contributed by atoms with Gasteiger partial charge in [-0.25, -0.2) is 0 Å². The Hall–Kier alpha value is -2.40. The van der Waals surface area contributed by atoms with Crippen molar-refractivity contribution in [1.82, 2.24) is 10.3 Å². The van der Waals surface area contributed by atoms with Gasteiger partial charge in [0, 0.05) is 18.3 Å². The van der Waals surface area contributed by atoms with Crippen molar-refractivity contribution < 1.29 is 9.59 Å². The number of carbonyl (C=O) groups is 2. The Morgan fingerprint density at radius 1 is 1.20 bits per heavy atom. The van der Waals surface area contributed by atoms with Crippen LogP contribution in [0.5, 0.6) is 0 Å². The second-order valence-corrected chi connectivity index (χ2v) is 6.59. The van der Waals surface area contributed by atoms with Crippen molar-refractivity contribution in [2.24, 2.45) is 5.92 Å². The second-order valence-electron chi connectivity index (χ2n) is 6.18. The molecule has 0 saturated heterocycles. The average Bonchev–Trinajstić information content (AvgIpc) is 2.59. The summed E-state index contributed by atoms with van der Waals surface area (Å²) in [6.45, 7) is 4.47. The fourth-order valence-corrected chi connectivity index (χ4v) is 2.46. The van der Waals surface area contributed by atoms with E-state index in [2.05, 4.69) is 29.5 Å². The lowest BCUT2D eigenvalue weighted by Crippen LogP contribution is -2.23. The summed E-state index contributed by atoms with van der Waals surface area (Å²) in [7, 11) is 0. The molecule has 0 aliphatic heterocycles. The predicted octanol–water partition coefficient (Wildman–Crippen LogP) is 4.04. The summed E-state index contributed by atoms with van der Waals surface area (Å²) in [5.74, 6) is 0.130. The number of amides is 2. The van der Waals surface area contributed by atoms with Gasteiger partial charge in [0.1, 0.15) is 0 Å². The van der Waals surface area contributed by atoms with E-state index in [9.17, 15) is 9.59 Å². The lowest BCUT2D eigenvalue weighted by molar-refractivity contribution is -0.116. The molecule has 0 saturated carbocycles. The quantitative estimate of drug-likeness (QED) is 0.783. The van der Waals surface area contributed by atoms with E-state index in [1.165, 1.54) is 0 Å². The highest BCUT2D eigenvalue weighted by Gasteiger charge is 2.12. The molecular formula is C19H22ClN3O2. The average molecular weight is 360 g/mol. The standard InChI is InChI=1S/C19H22ClN3O2/c1-13(2)6-9-18(24)23-14-7-8-16(17(20)11-14)19(25)22-12-15-5-3-4-10-21-15/h3-5,7-8,10-11,13H,6,9,12H2,1-2H3,(H,22,25)(H,23,24). The number of hydrogen-bond donors (Lipinski definition) is 2. The zero-order valence-corrected chi connectivity index (χ0v) is 15.1. The van der Waals surface area contributed by atoms with E-state index >= 15 is 0 Å². The van der Waals surface area contributed by atoms with E-state index in [4.69, 9.17) is 11.6 Å². The Morgan fingerprint density at radius 3 is 2.64 bits per heavy atom. The van der Waals surface area contributed by atoms with Gasteiger partial charge in [-0.2, -0.15) is 0 Å². The summed E-state index contributed by atoms with van der Waals surface area (Å²) >= 11 is 6.19. The number of anilines is 1. The summed E-state index contributed by atoms with van der Waals surface area (Å²) in [5.41, 5.74) is 1.71. The maximum Gasteiger partial charge on any atom is 0.253 e. The molecule has 0 fully saturated rings. The Morgan fingerprint density at radius 2 is 2.00 bits per heavy atom. The van der Waals surface area contributed by atoms with Crippen molar-refractivity contribution in [1.29, 1.82) is 0 Å². The Bertz CT molecular complexity index is 733. The minimum atomic E-state index is -0.284. The molecule has 2 aromatic rings. The second kappa shape index (κ2) is 9.18. The molecule has 25 heavy (non-hydrogen) atoms. The predicted molar refractivity (Wildman–Crippen MR) is 99.6 cm³/mol. The van der Waals surface area contributed by atoms with Crippen molar-refractivity contribution in [3.63, 3.8) is 0 Å². The highest BCUT2D eigenvalue weighted by molar-refractivity contribution is 6.34. The van der Waals surface area contributed by atoms with Crippen LogP contribution in [0.25, 0.3) is 0 Å². The summed E-state index contributed by atoms with van der Waals surface area (Å²) in [6, 6.07) is 10.4. The number of rotatable bonds is 7. The molecule has 0 aliphatic rings. The van der Waals surface area contributed by atoms with E-state index < -0.39 is 0 Å². The van der Waals surface area contributed by atoms with Gasteiger partial charge < -0.3 is 10.6 Å². The molecule has 5 nitrogen and oxygen atoms in total. The number of hydrogen-bond acceptors (Lipinski definition) is 3. The highest BCUT2D eigenvalue weighted by atomic mass is 35.5. The number of carbonyl (C=O) groups excluding carboxylic acids is 2. The molecule has 0 unspecified atom stereocenters. The first-order valence-electron chi connectivity index (χ1n) is 8.23. The molecule has 0 aliphatic carbocycles. The van der Waals surface area contributed by atoms with E-state index in [0.29, 0.717) is 35.2 Å². The zero-order chi connectivity index (χ0) is 18.2. The van der Waals surface area contributed by atoms with Gasteiger partial charge in [-0.1, -0.05) is 31.5 Å². The fraction of sp³-hybridized carbons (Fsp3) is 0.316. The highest BCUT2D eigenvalue weighted by Crippen LogP contribution is 2.21. The number of halogens is 1. The van der Waals surface area contributed by atoms with Gasteiger partial charge in [-0.3, -0.25) is 14.6 Å². The minimum absolute atomic E-state index is 0.0582. The number of aromatic nitrogens is 1. The van der Waals surface area contributed by atoms with Crippen LogP contribution in [-0.4, -0.2) is 16.8 Å². The first-order valence-corrected chi connectivity index (χ1v) is 8.61. The Balaban J connectivity index is 1.94. The van der Waals surface area contributed by atoms with Crippen LogP contribution in [0.2, 0.25) is 5.02 Å². The fourth-order valence-electron chi connectivity index (χ4n) is 2.19. The molecular weight excluding hydrogens is 338 g/mol. The van der Waals surface area contributed by atoms with Crippen LogP contribution in [0.1, 0.15) is 42.7 Å². The van der Waals surface area contributed by atoms with Crippen LogP contribution >= 0.6 is 11.6 Å². The molecule has 2 amide bonds. The lowest BCUT2D eigenvalue weighted by atomic mass is 10.1. The van der Waals surface area contributed by atoms with Crippen LogP contribution in [0, 0.1) is 5.92 Å². The third-order valence-electron chi connectivity index (χ3n) is 3.60. The third-order valence-corrected chi connectivity index (χ3v) is 3.92. The third kappa shape index (κ3) is 6.19. The molecule has 6 heteroatoms. The Kier molecular flexibility index (Phi) is 6.95. The number of nitrogens with one attached hydrogen (secondary N) is 2. The molecule has 2 rings (SSSR count). The monoisotopic (exact) mass is 359 g/mol. The molecule has 0 bridgehead atoms. The van der Waals surface area contributed by atoms with Gasteiger partial charge in [0.25, 0.3) is 5.91 Å². The number of pyridine rings is 1. The smallest absolute Gasteiger partial charge is 0.253 e. The van der Waals surface area contributed by atoms with Crippen molar-refractivity contribution in [2.45, 2.75) is 33.2 Å². The first kappa shape index (κ1) is 18.9. The normalized spacial score (nSPS) is 10.6. The molecule has 0 spiro atoms. The molecule has 132 valence electrons. The van der Waals surface area contributed by atoms with E-state index in [1.54, 1.807) is 24.4 Å². The van der Waals surface area contributed by atoms with Crippen LogP contribution in [-0.2, 0) is 11.3 Å². The minimum Gasteiger partial charge on any atom is -0.346 e. The van der Waals surface area contributed by atoms with Crippen molar-refractivity contribution in [2.75, 3.05) is 5.32 Å². The summed E-state index contributed by atoms with van der Waals surface area (Å²) in [5, 5.41) is 5.86. The van der Waals surface area contributed by atoms with E-state index in [-0.39, 0.29) is 11.8 Å². The van der Waals surface area contributed by atoms with Gasteiger partial charge in [-0.15, -0.1) is 0 Å². The summed E-state index contributed by atoms with van der Waals surface area (Å²) in [6.07, 6.45) is 2.96. The largest absolute Gasteiger partial charge is 0.346 e. The van der Waals surface area contributed by atoms with Crippen molar-refractivity contribution in [3.8, 4) is 0 Å². The van der Waals surface area contributed by atoms with Gasteiger partial charge >= 0.3 is 0 Å². The molecule has 1 aromatic heterocycles. The topological polar surface area (TPSA) is 71.1 Å². The van der Waals surface area contributed by atoms with Gasteiger partial charge in [-0.05, 0) is 42.7 Å². The maximum atomic E-state index is 12.2. The summed E-state index contributed by atoms with van der Waals surface area (Å²) in [4.78, 5) is 28.3. The lowest BCUT2D eigenvalue weighted by Gasteiger charge is -2.10. The number of nitrogens with zero attached hydrogens (tertiary/aromatic N) is 1. The maximum absolute atomic E-state index is 12.2. The first-order chi connectivity index (χ1) is 12.0. The Labute approximate surface area is 152 Å². The van der Waals surface area contributed by atoms with E-state index in [0.717, 1.165) is 12.1 Å². The van der Waals surface area contributed by atoms with Crippen LogP contribution in [0.4, 0.5) is 5.69 Å². The zero-order valence-electron chi connectivity index (χ0n) is 14.4. The van der Waals surface area contributed by atoms with Crippen molar-refractivity contribution >= 4 is 29.1 Å². The van der Waals surface area contributed by atoms with Gasteiger partial charge in [0.15, 0.2) is 0 Å². The van der Waals surface area contributed by atoms with Crippen LogP contribution in [0.15, 0.2) is 42.6 Å². The summed E-state index contributed by atoms with van der Waals surface area (Å²) < 4.78 is 0. The van der Waals surface area contributed by atoms with Crippen molar-refractivity contribution in [3.05, 3.63) is 58.9 Å².